The van der Waals surface area contributed by atoms with Crippen molar-refractivity contribution in [3.8, 4) is 17.2 Å². The molecular weight excluding hydrogens is 319 g/mol. The number of carbonyl (C=O) groups is 1. The number of benzene rings is 1. The monoisotopic (exact) mass is 332 g/mol. The molecule has 0 aliphatic heterocycles. The van der Waals surface area contributed by atoms with Gasteiger partial charge in [-0.05, 0) is 31.2 Å². The van der Waals surface area contributed by atoms with Gasteiger partial charge in [-0.15, -0.1) is 11.3 Å². The summed E-state index contributed by atoms with van der Waals surface area (Å²) in [4.78, 5) is 16.1. The Hall–Kier alpha value is -2.67. The first-order chi connectivity index (χ1) is 11.1. The van der Waals surface area contributed by atoms with Gasteiger partial charge in [-0.1, -0.05) is 12.1 Å². The highest BCUT2D eigenvalue weighted by atomic mass is 32.1. The molecule has 0 saturated carbocycles. The van der Waals surface area contributed by atoms with Crippen LogP contribution in [0.25, 0.3) is 11.5 Å². The zero-order valence-corrected chi connectivity index (χ0v) is 13.0. The van der Waals surface area contributed by atoms with Crippen molar-refractivity contribution in [2.75, 3.05) is 11.9 Å². The highest BCUT2D eigenvalue weighted by Gasteiger charge is 2.11. The SMILES string of the molecule is Cc1ccc(-c2csc(NC(=O)COc3ccccc3F)n2)o1. The Morgan fingerprint density at radius 3 is 2.91 bits per heavy atom. The minimum absolute atomic E-state index is 0.0357. The molecule has 0 bridgehead atoms. The van der Waals surface area contributed by atoms with Gasteiger partial charge in [-0.3, -0.25) is 10.1 Å². The maximum atomic E-state index is 13.4. The second kappa shape index (κ2) is 6.62. The first-order valence-electron chi connectivity index (χ1n) is 6.81. The number of rotatable bonds is 5. The molecule has 0 aliphatic rings. The molecule has 1 N–H and O–H groups in total. The first kappa shape index (κ1) is 15.2. The summed E-state index contributed by atoms with van der Waals surface area (Å²) in [7, 11) is 0. The van der Waals surface area contributed by atoms with E-state index in [0.29, 0.717) is 16.6 Å². The summed E-state index contributed by atoms with van der Waals surface area (Å²) < 4.78 is 24.0. The highest BCUT2D eigenvalue weighted by molar-refractivity contribution is 7.14. The Labute approximate surface area is 135 Å². The number of carbonyl (C=O) groups excluding carboxylic acids is 1. The van der Waals surface area contributed by atoms with Gasteiger partial charge in [0.15, 0.2) is 29.1 Å². The van der Waals surface area contributed by atoms with Crippen molar-refractivity contribution in [3.63, 3.8) is 0 Å². The van der Waals surface area contributed by atoms with Gasteiger partial charge in [0.25, 0.3) is 5.91 Å². The van der Waals surface area contributed by atoms with E-state index in [-0.39, 0.29) is 12.4 Å². The maximum Gasteiger partial charge on any atom is 0.264 e. The molecule has 0 fully saturated rings. The largest absolute Gasteiger partial charge is 0.481 e. The van der Waals surface area contributed by atoms with Crippen molar-refractivity contribution in [2.24, 2.45) is 0 Å². The number of ether oxygens (including phenoxy) is 1. The third-order valence-corrected chi connectivity index (χ3v) is 3.70. The van der Waals surface area contributed by atoms with E-state index in [2.05, 4.69) is 10.3 Å². The summed E-state index contributed by atoms with van der Waals surface area (Å²) in [6, 6.07) is 9.58. The zero-order chi connectivity index (χ0) is 16.2. The second-order valence-electron chi connectivity index (χ2n) is 4.72. The molecule has 0 atom stereocenters. The Kier molecular flexibility index (Phi) is 4.38. The van der Waals surface area contributed by atoms with Crippen LogP contribution in [0.1, 0.15) is 5.76 Å². The lowest BCUT2D eigenvalue weighted by Gasteiger charge is -2.06. The molecule has 0 spiro atoms. The average Bonchev–Trinajstić information content (AvgIpc) is 3.15. The summed E-state index contributed by atoms with van der Waals surface area (Å²) >= 11 is 1.27. The number of furan rings is 1. The van der Waals surface area contributed by atoms with Crippen molar-refractivity contribution in [3.05, 3.63) is 53.4 Å². The van der Waals surface area contributed by atoms with Gasteiger partial charge in [0.1, 0.15) is 11.5 Å². The molecule has 23 heavy (non-hydrogen) atoms. The van der Waals surface area contributed by atoms with Crippen LogP contribution in [0.5, 0.6) is 5.75 Å². The number of amides is 1. The molecule has 1 amide bonds. The molecule has 0 saturated heterocycles. The molecule has 7 heteroatoms. The topological polar surface area (TPSA) is 64.4 Å². The summed E-state index contributed by atoms with van der Waals surface area (Å²) in [5.41, 5.74) is 0.647. The van der Waals surface area contributed by atoms with E-state index in [9.17, 15) is 9.18 Å². The van der Waals surface area contributed by atoms with Crippen LogP contribution in [0.3, 0.4) is 0 Å². The van der Waals surface area contributed by atoms with Gasteiger partial charge in [-0.25, -0.2) is 9.37 Å². The van der Waals surface area contributed by atoms with Crippen LogP contribution in [0, 0.1) is 12.7 Å². The normalized spacial score (nSPS) is 10.5. The van der Waals surface area contributed by atoms with Crippen molar-refractivity contribution in [1.82, 2.24) is 4.98 Å². The number of thiazole rings is 1. The van der Waals surface area contributed by atoms with E-state index in [1.165, 1.54) is 23.5 Å². The Morgan fingerprint density at radius 1 is 1.35 bits per heavy atom. The molecular formula is C16H13FN2O3S. The number of anilines is 1. The number of para-hydroxylation sites is 1. The summed E-state index contributed by atoms with van der Waals surface area (Å²) in [6.45, 7) is 1.55. The predicted octanol–water partition coefficient (Wildman–Crippen LogP) is 3.87. The summed E-state index contributed by atoms with van der Waals surface area (Å²) in [5, 5.41) is 4.82. The minimum Gasteiger partial charge on any atom is -0.481 e. The van der Waals surface area contributed by atoms with E-state index in [4.69, 9.17) is 9.15 Å². The van der Waals surface area contributed by atoms with Crippen LogP contribution in [0.2, 0.25) is 0 Å². The molecule has 3 rings (SSSR count). The highest BCUT2D eigenvalue weighted by Crippen LogP contribution is 2.26. The number of hydrogen-bond acceptors (Lipinski definition) is 5. The van der Waals surface area contributed by atoms with Crippen molar-refractivity contribution in [2.45, 2.75) is 6.92 Å². The molecule has 2 aromatic heterocycles. The van der Waals surface area contributed by atoms with Crippen molar-refractivity contribution >= 4 is 22.4 Å². The fourth-order valence-corrected chi connectivity index (χ4v) is 2.59. The third kappa shape index (κ3) is 3.75. The second-order valence-corrected chi connectivity index (χ2v) is 5.57. The fourth-order valence-electron chi connectivity index (χ4n) is 1.88. The quantitative estimate of drug-likeness (QED) is 0.770. The maximum absolute atomic E-state index is 13.4. The van der Waals surface area contributed by atoms with Crippen LogP contribution < -0.4 is 10.1 Å². The van der Waals surface area contributed by atoms with Crippen LogP contribution >= 0.6 is 11.3 Å². The molecule has 2 heterocycles. The number of nitrogens with zero attached hydrogens (tertiary/aromatic N) is 1. The lowest BCUT2D eigenvalue weighted by atomic mass is 10.3. The van der Waals surface area contributed by atoms with Gasteiger partial charge in [0.2, 0.25) is 0 Å². The van der Waals surface area contributed by atoms with Crippen LogP contribution in [0.15, 0.2) is 46.2 Å². The Morgan fingerprint density at radius 2 is 2.17 bits per heavy atom. The number of halogens is 1. The molecule has 1 aromatic carbocycles. The number of nitrogens with one attached hydrogen (secondary N) is 1. The third-order valence-electron chi connectivity index (χ3n) is 2.94. The average molecular weight is 332 g/mol. The number of aromatic nitrogens is 1. The fraction of sp³-hybridized carbons (Fsp3) is 0.125. The molecule has 0 unspecified atom stereocenters. The van der Waals surface area contributed by atoms with Crippen molar-refractivity contribution in [1.29, 1.82) is 0 Å². The lowest BCUT2D eigenvalue weighted by Crippen LogP contribution is -2.20. The van der Waals surface area contributed by atoms with Gasteiger partial charge in [-0.2, -0.15) is 0 Å². The zero-order valence-electron chi connectivity index (χ0n) is 12.2. The van der Waals surface area contributed by atoms with Gasteiger partial charge in [0, 0.05) is 5.38 Å². The standard InChI is InChI=1S/C16H13FN2O3S/c1-10-6-7-14(22-10)12-9-23-16(18-12)19-15(20)8-21-13-5-3-2-4-11(13)17/h2-7,9H,8H2,1H3,(H,18,19,20). The predicted molar refractivity (Wildman–Crippen MR) is 85.1 cm³/mol. The van der Waals surface area contributed by atoms with E-state index in [0.717, 1.165) is 5.76 Å². The van der Waals surface area contributed by atoms with Gasteiger partial charge < -0.3 is 9.15 Å². The molecule has 3 aromatic rings. The van der Waals surface area contributed by atoms with E-state index >= 15 is 0 Å². The van der Waals surface area contributed by atoms with Crippen molar-refractivity contribution < 1.29 is 18.3 Å². The van der Waals surface area contributed by atoms with E-state index < -0.39 is 11.7 Å². The number of hydrogen-bond donors (Lipinski definition) is 1. The van der Waals surface area contributed by atoms with Gasteiger partial charge >= 0.3 is 0 Å². The molecule has 0 radical (unpaired) electrons. The minimum atomic E-state index is -0.509. The van der Waals surface area contributed by atoms with Gasteiger partial charge in [0.05, 0.1) is 0 Å². The smallest absolute Gasteiger partial charge is 0.264 e. The Balaban J connectivity index is 1.58. The number of aryl methyl sites for hydroxylation is 1. The molecule has 0 aliphatic carbocycles. The van der Waals surface area contributed by atoms with E-state index in [1.54, 1.807) is 17.5 Å². The first-order valence-corrected chi connectivity index (χ1v) is 7.69. The lowest BCUT2D eigenvalue weighted by molar-refractivity contribution is -0.118. The molecule has 118 valence electrons. The van der Waals surface area contributed by atoms with Crippen LogP contribution in [-0.4, -0.2) is 17.5 Å². The summed E-state index contributed by atoms with van der Waals surface area (Å²) in [5.74, 6) is 0.544. The van der Waals surface area contributed by atoms with Crippen LogP contribution in [0.4, 0.5) is 9.52 Å². The summed E-state index contributed by atoms with van der Waals surface area (Å²) in [6.07, 6.45) is 0. The molecule has 5 nitrogen and oxygen atoms in total. The van der Waals surface area contributed by atoms with Crippen LogP contribution in [-0.2, 0) is 4.79 Å². The van der Waals surface area contributed by atoms with E-state index in [1.807, 2.05) is 19.1 Å². The Bertz CT molecular complexity index is 828.